The highest BCUT2D eigenvalue weighted by molar-refractivity contribution is 5.89. The van der Waals surface area contributed by atoms with Crippen LogP contribution in [0.1, 0.15) is 40.9 Å². The molecule has 0 saturated carbocycles. The van der Waals surface area contributed by atoms with E-state index < -0.39 is 47.4 Å². The molecule has 3 aromatic carbocycles. The van der Waals surface area contributed by atoms with Gasteiger partial charge in [-0.25, -0.2) is 13.6 Å². The molecule has 3 aromatic rings. The molecule has 11 heteroatoms. The molecular formula is C28H23F6NO4. The van der Waals surface area contributed by atoms with E-state index in [1.54, 1.807) is 13.8 Å². The van der Waals surface area contributed by atoms with Gasteiger partial charge in [-0.3, -0.25) is 0 Å². The molecule has 0 spiro atoms. The molecule has 0 unspecified atom stereocenters. The molecule has 0 N–H and O–H groups in total. The summed E-state index contributed by atoms with van der Waals surface area (Å²) in [6, 6.07) is 13.6. The van der Waals surface area contributed by atoms with E-state index in [0.717, 1.165) is 18.2 Å². The van der Waals surface area contributed by atoms with Gasteiger partial charge >= 0.3 is 18.5 Å². The van der Waals surface area contributed by atoms with E-state index in [1.807, 2.05) is 0 Å². The van der Waals surface area contributed by atoms with Crippen molar-refractivity contribution in [2.24, 2.45) is 0 Å². The van der Waals surface area contributed by atoms with Crippen molar-refractivity contribution >= 4 is 5.97 Å². The van der Waals surface area contributed by atoms with E-state index >= 15 is 0 Å². The van der Waals surface area contributed by atoms with Gasteiger partial charge in [-0.1, -0.05) is 18.2 Å². The van der Waals surface area contributed by atoms with Gasteiger partial charge in [-0.2, -0.15) is 22.8 Å². The van der Waals surface area contributed by atoms with Crippen LogP contribution in [0.25, 0.3) is 0 Å². The number of alkyl halides is 4. The first-order valence-electron chi connectivity index (χ1n) is 11.5. The number of ether oxygens (including phenoxy) is 3. The lowest BCUT2D eigenvalue weighted by atomic mass is 9.71. The molecule has 0 aliphatic heterocycles. The lowest BCUT2D eigenvalue weighted by Crippen LogP contribution is -2.34. The van der Waals surface area contributed by atoms with Crippen LogP contribution < -0.4 is 9.47 Å². The summed E-state index contributed by atoms with van der Waals surface area (Å²) in [5.74, 6) is -3.68. The fourth-order valence-electron chi connectivity index (χ4n) is 3.90. The zero-order chi connectivity index (χ0) is 29.0. The van der Waals surface area contributed by atoms with Gasteiger partial charge in [0.05, 0.1) is 24.8 Å². The fourth-order valence-corrected chi connectivity index (χ4v) is 3.90. The Balaban J connectivity index is 2.22. The SMILES string of the molecule is COC(=O)c1ccc(C[C@](C#N)(c2cc(F)cc(OC(F)(F)C(F)F)c2)c2ccc(F)c(OC(C)C)c2)cc1. The average molecular weight is 551 g/mol. The van der Waals surface area contributed by atoms with Crippen LogP contribution in [0.3, 0.4) is 0 Å². The van der Waals surface area contributed by atoms with Crippen molar-refractivity contribution in [3.05, 3.63) is 94.6 Å². The molecule has 5 nitrogen and oxygen atoms in total. The van der Waals surface area contributed by atoms with Crippen LogP contribution in [0.15, 0.2) is 60.7 Å². The predicted molar refractivity (Wildman–Crippen MR) is 128 cm³/mol. The molecule has 0 radical (unpaired) electrons. The molecule has 3 rings (SSSR count). The molecule has 0 aliphatic carbocycles. The minimum absolute atomic E-state index is 0.0938. The van der Waals surface area contributed by atoms with Crippen LogP contribution in [0.2, 0.25) is 0 Å². The molecule has 0 fully saturated rings. The maximum atomic E-state index is 14.7. The topological polar surface area (TPSA) is 68.6 Å². The summed E-state index contributed by atoms with van der Waals surface area (Å²) in [6.07, 6.45) is -9.82. The first-order chi connectivity index (χ1) is 18.3. The normalized spacial score (nSPS) is 13.1. The zero-order valence-electron chi connectivity index (χ0n) is 21.0. The number of benzene rings is 3. The molecule has 0 bridgehead atoms. The Morgan fingerprint density at radius 2 is 1.64 bits per heavy atom. The fraction of sp³-hybridized carbons (Fsp3) is 0.286. The van der Waals surface area contributed by atoms with Gasteiger partial charge in [0.15, 0.2) is 11.6 Å². The lowest BCUT2D eigenvalue weighted by Gasteiger charge is -2.30. The molecule has 1 atom stereocenters. The molecule has 0 amide bonds. The summed E-state index contributed by atoms with van der Waals surface area (Å²) in [4.78, 5) is 11.8. The first kappa shape index (κ1) is 29.4. The van der Waals surface area contributed by atoms with Crippen molar-refractivity contribution in [1.29, 1.82) is 5.26 Å². The van der Waals surface area contributed by atoms with E-state index in [0.29, 0.717) is 11.6 Å². The van der Waals surface area contributed by atoms with Crippen LogP contribution in [0, 0.1) is 23.0 Å². The van der Waals surface area contributed by atoms with Gasteiger partial charge in [0, 0.05) is 6.07 Å². The number of methoxy groups -OCH3 is 1. The Morgan fingerprint density at radius 1 is 0.974 bits per heavy atom. The molecule has 0 aromatic heterocycles. The van der Waals surface area contributed by atoms with Crippen LogP contribution in [0.4, 0.5) is 26.3 Å². The number of hydrogen-bond donors (Lipinski definition) is 0. The second kappa shape index (κ2) is 11.7. The Labute approximate surface area is 220 Å². The Morgan fingerprint density at radius 3 is 2.21 bits per heavy atom. The number of carbonyl (C=O) groups is 1. The quantitative estimate of drug-likeness (QED) is 0.204. The van der Waals surface area contributed by atoms with E-state index in [2.05, 4.69) is 15.5 Å². The summed E-state index contributed by atoms with van der Waals surface area (Å²) in [6.45, 7) is 3.29. The Hall–Kier alpha value is -4.20. The van der Waals surface area contributed by atoms with E-state index in [-0.39, 0.29) is 28.9 Å². The van der Waals surface area contributed by atoms with E-state index in [1.165, 1.54) is 43.5 Å². The number of hydrogen-bond acceptors (Lipinski definition) is 5. The molecular weight excluding hydrogens is 528 g/mol. The van der Waals surface area contributed by atoms with Gasteiger partial charge in [0.25, 0.3) is 0 Å². The average Bonchev–Trinajstić information content (AvgIpc) is 2.87. The molecule has 0 aliphatic rings. The molecule has 39 heavy (non-hydrogen) atoms. The Bertz CT molecular complexity index is 1370. The highest BCUT2D eigenvalue weighted by Gasteiger charge is 2.44. The van der Waals surface area contributed by atoms with Crippen molar-refractivity contribution < 1.29 is 45.3 Å². The minimum Gasteiger partial charge on any atom is -0.488 e. The molecule has 206 valence electrons. The van der Waals surface area contributed by atoms with Gasteiger partial charge in [0.1, 0.15) is 17.0 Å². The number of nitrogens with zero attached hydrogens (tertiary/aromatic N) is 1. The van der Waals surface area contributed by atoms with Crippen molar-refractivity contribution in [3.63, 3.8) is 0 Å². The van der Waals surface area contributed by atoms with Crippen molar-refractivity contribution in [2.45, 2.75) is 44.3 Å². The maximum absolute atomic E-state index is 14.7. The van der Waals surface area contributed by atoms with Crippen LogP contribution >= 0.6 is 0 Å². The number of carbonyl (C=O) groups excluding carboxylic acids is 1. The summed E-state index contributed by atoms with van der Waals surface area (Å²) in [7, 11) is 1.20. The smallest absolute Gasteiger partial charge is 0.461 e. The van der Waals surface area contributed by atoms with Crippen LogP contribution in [0.5, 0.6) is 11.5 Å². The standard InChI is InChI=1S/C28H23F6NO4/c1-16(2)38-24-12-19(8-9-23(24)30)27(15-35,14-17-4-6-18(7-5-17)25(36)37-3)20-10-21(29)13-22(11-20)39-28(33,34)26(31)32/h4-13,16,26H,14H2,1-3H3/t27-/m1/s1. The van der Waals surface area contributed by atoms with Crippen LogP contribution in [-0.2, 0) is 16.6 Å². The van der Waals surface area contributed by atoms with Crippen molar-refractivity contribution in [3.8, 4) is 17.6 Å². The van der Waals surface area contributed by atoms with Gasteiger partial charge in [-0.05, 0) is 73.4 Å². The summed E-state index contributed by atoms with van der Waals surface area (Å²) < 4.78 is 96.2. The monoisotopic (exact) mass is 551 g/mol. The summed E-state index contributed by atoms with van der Waals surface area (Å²) in [5.41, 5.74) is -1.38. The summed E-state index contributed by atoms with van der Waals surface area (Å²) in [5, 5.41) is 10.5. The number of nitriles is 1. The van der Waals surface area contributed by atoms with Gasteiger partial charge in [-0.15, -0.1) is 0 Å². The first-order valence-corrected chi connectivity index (χ1v) is 11.5. The number of rotatable bonds is 10. The number of halogens is 6. The third-order valence-corrected chi connectivity index (χ3v) is 5.69. The lowest BCUT2D eigenvalue weighted by molar-refractivity contribution is -0.253. The zero-order valence-corrected chi connectivity index (χ0v) is 21.0. The van der Waals surface area contributed by atoms with Crippen molar-refractivity contribution in [2.75, 3.05) is 7.11 Å². The largest absolute Gasteiger partial charge is 0.488 e. The van der Waals surface area contributed by atoms with E-state index in [4.69, 9.17) is 4.74 Å². The highest BCUT2D eigenvalue weighted by Crippen LogP contribution is 2.40. The number of esters is 1. The molecule has 0 heterocycles. The van der Waals surface area contributed by atoms with Gasteiger partial charge < -0.3 is 14.2 Å². The molecule has 0 saturated heterocycles. The third kappa shape index (κ3) is 6.63. The van der Waals surface area contributed by atoms with E-state index in [9.17, 15) is 36.4 Å². The maximum Gasteiger partial charge on any atom is 0.461 e. The predicted octanol–water partition coefficient (Wildman–Crippen LogP) is 6.83. The van der Waals surface area contributed by atoms with Crippen LogP contribution in [-0.4, -0.2) is 31.7 Å². The minimum atomic E-state index is -4.93. The van der Waals surface area contributed by atoms with Crippen molar-refractivity contribution in [1.82, 2.24) is 0 Å². The highest BCUT2D eigenvalue weighted by atomic mass is 19.3. The van der Waals surface area contributed by atoms with Gasteiger partial charge in [0.2, 0.25) is 0 Å². The third-order valence-electron chi connectivity index (χ3n) is 5.69. The second-order valence-electron chi connectivity index (χ2n) is 8.83. The summed E-state index contributed by atoms with van der Waals surface area (Å²) >= 11 is 0. The Kier molecular flexibility index (Phi) is 8.79. The second-order valence-corrected chi connectivity index (χ2v) is 8.83.